The zero-order valence-corrected chi connectivity index (χ0v) is 19.5. The van der Waals surface area contributed by atoms with Crippen LogP contribution >= 0.6 is 0 Å². The van der Waals surface area contributed by atoms with Crippen molar-refractivity contribution in [2.75, 3.05) is 26.0 Å². The van der Waals surface area contributed by atoms with Crippen molar-refractivity contribution < 1.29 is 13.9 Å². The number of hydrogen-bond acceptors (Lipinski definition) is 6. The molecule has 0 saturated heterocycles. The third kappa shape index (κ3) is 5.14. The number of carbonyl (C=O) groups is 1. The molecular formula is C26H28N4O3. The van der Waals surface area contributed by atoms with Gasteiger partial charge in [0, 0.05) is 31.1 Å². The van der Waals surface area contributed by atoms with Gasteiger partial charge in [0.2, 0.25) is 0 Å². The van der Waals surface area contributed by atoms with Gasteiger partial charge in [-0.05, 0) is 62.2 Å². The number of anilines is 1. The first kappa shape index (κ1) is 22.3. The first-order valence-electron chi connectivity index (χ1n) is 10.8. The average molecular weight is 445 g/mol. The van der Waals surface area contributed by atoms with Crippen molar-refractivity contribution in [3.8, 4) is 17.0 Å². The maximum absolute atomic E-state index is 11.8. The molecule has 170 valence electrons. The second-order valence-electron chi connectivity index (χ2n) is 8.33. The van der Waals surface area contributed by atoms with Crippen molar-refractivity contribution in [3.63, 3.8) is 0 Å². The molecule has 7 nitrogen and oxygen atoms in total. The van der Waals surface area contributed by atoms with E-state index in [1.165, 1.54) is 4.90 Å². The molecule has 0 saturated carbocycles. The minimum Gasteiger partial charge on any atom is -0.484 e. The van der Waals surface area contributed by atoms with Crippen LogP contribution in [0.25, 0.3) is 22.2 Å². The highest BCUT2D eigenvalue weighted by atomic mass is 16.5. The van der Waals surface area contributed by atoms with Crippen LogP contribution in [0.1, 0.15) is 29.9 Å². The summed E-state index contributed by atoms with van der Waals surface area (Å²) in [5.41, 5.74) is 4.84. The Hall–Kier alpha value is -3.87. The Labute approximate surface area is 193 Å². The Morgan fingerprint density at radius 2 is 1.94 bits per heavy atom. The number of furan rings is 1. The van der Waals surface area contributed by atoms with Crippen LogP contribution in [-0.4, -0.2) is 41.5 Å². The molecule has 2 heterocycles. The minimum absolute atomic E-state index is 0.00715. The average Bonchev–Trinajstić information content (AvgIpc) is 3.17. The van der Waals surface area contributed by atoms with Gasteiger partial charge in [0.15, 0.2) is 6.61 Å². The Morgan fingerprint density at radius 3 is 2.73 bits per heavy atom. The second-order valence-corrected chi connectivity index (χ2v) is 8.33. The number of hydrogen-bond donors (Lipinski definition) is 1. The number of aryl methyl sites for hydroxylation is 2. The molecule has 1 N–H and O–H groups in total. The number of ether oxygens (including phenoxy) is 1. The smallest absolute Gasteiger partial charge is 0.259 e. The molecule has 1 atom stereocenters. The van der Waals surface area contributed by atoms with Crippen LogP contribution < -0.4 is 10.1 Å². The van der Waals surface area contributed by atoms with Gasteiger partial charge < -0.3 is 19.4 Å². The topological polar surface area (TPSA) is 80.5 Å². The molecule has 7 heteroatoms. The lowest BCUT2D eigenvalue weighted by Crippen LogP contribution is -2.27. The number of aromatic nitrogens is 2. The molecule has 4 aromatic rings. The van der Waals surface area contributed by atoms with Crippen LogP contribution in [0.4, 0.5) is 5.82 Å². The molecule has 0 aliphatic carbocycles. The third-order valence-corrected chi connectivity index (χ3v) is 5.48. The lowest BCUT2D eigenvalue weighted by atomic mass is 10.1. The van der Waals surface area contributed by atoms with Gasteiger partial charge in [-0.3, -0.25) is 4.79 Å². The predicted molar refractivity (Wildman–Crippen MR) is 129 cm³/mol. The van der Waals surface area contributed by atoms with Crippen LogP contribution in [0.3, 0.4) is 0 Å². The SMILES string of the molecule is Cc1nc(NC(C)c2cccc(OCC(=O)N(C)C)c2)cc(-c2ccc3occ(C)c3c2)n1. The largest absolute Gasteiger partial charge is 0.484 e. The van der Waals surface area contributed by atoms with E-state index in [9.17, 15) is 4.79 Å². The fourth-order valence-corrected chi connectivity index (χ4v) is 3.56. The maximum Gasteiger partial charge on any atom is 0.259 e. The molecule has 1 amide bonds. The van der Waals surface area contributed by atoms with E-state index in [4.69, 9.17) is 9.15 Å². The third-order valence-electron chi connectivity index (χ3n) is 5.48. The number of likely N-dealkylation sites (N-methyl/N-ethyl adjacent to an activating group) is 1. The highest BCUT2D eigenvalue weighted by Crippen LogP contribution is 2.29. The number of amides is 1. The minimum atomic E-state index is -0.0839. The second kappa shape index (κ2) is 9.32. The summed E-state index contributed by atoms with van der Waals surface area (Å²) in [5, 5.41) is 4.54. The summed E-state index contributed by atoms with van der Waals surface area (Å²) < 4.78 is 11.2. The highest BCUT2D eigenvalue weighted by Gasteiger charge is 2.12. The molecular weight excluding hydrogens is 416 g/mol. The fraction of sp³-hybridized carbons (Fsp3) is 0.269. The van der Waals surface area contributed by atoms with Crippen molar-refractivity contribution in [1.29, 1.82) is 0 Å². The summed E-state index contributed by atoms with van der Waals surface area (Å²) in [6.07, 6.45) is 1.77. The Balaban J connectivity index is 1.53. The molecule has 0 radical (unpaired) electrons. The summed E-state index contributed by atoms with van der Waals surface area (Å²) in [6, 6.07) is 15.7. The highest BCUT2D eigenvalue weighted by molar-refractivity contribution is 5.85. The summed E-state index contributed by atoms with van der Waals surface area (Å²) in [4.78, 5) is 22.5. The van der Waals surface area contributed by atoms with E-state index in [0.29, 0.717) is 11.6 Å². The summed E-state index contributed by atoms with van der Waals surface area (Å²) in [6.45, 7) is 5.98. The Bertz CT molecular complexity index is 1300. The van der Waals surface area contributed by atoms with Gasteiger partial charge in [0.25, 0.3) is 5.91 Å². The van der Waals surface area contributed by atoms with Gasteiger partial charge >= 0.3 is 0 Å². The van der Waals surface area contributed by atoms with E-state index in [1.807, 2.05) is 56.3 Å². The number of carbonyl (C=O) groups excluding carboxylic acids is 1. The quantitative estimate of drug-likeness (QED) is 0.425. The molecule has 2 aromatic heterocycles. The first-order chi connectivity index (χ1) is 15.8. The number of nitrogens with zero attached hydrogens (tertiary/aromatic N) is 3. The molecule has 0 fully saturated rings. The van der Waals surface area contributed by atoms with Crippen LogP contribution in [0.2, 0.25) is 0 Å². The molecule has 0 aliphatic rings. The van der Waals surface area contributed by atoms with E-state index in [1.54, 1.807) is 20.4 Å². The first-order valence-corrected chi connectivity index (χ1v) is 10.8. The standard InChI is InChI=1S/C26H28N4O3/c1-16-14-33-24-10-9-20(12-22(16)24)23-13-25(29-18(3)28-23)27-17(2)19-7-6-8-21(11-19)32-15-26(31)30(4)5/h6-14,17H,15H2,1-5H3,(H,27,28,29). The van der Waals surface area contributed by atoms with Crippen LogP contribution in [0.5, 0.6) is 5.75 Å². The van der Waals surface area contributed by atoms with Gasteiger partial charge in [-0.25, -0.2) is 9.97 Å². The molecule has 33 heavy (non-hydrogen) atoms. The van der Waals surface area contributed by atoms with E-state index in [-0.39, 0.29) is 18.6 Å². The molecule has 0 aliphatic heterocycles. The summed E-state index contributed by atoms with van der Waals surface area (Å²) >= 11 is 0. The number of rotatable bonds is 7. The van der Waals surface area contributed by atoms with E-state index in [2.05, 4.69) is 28.3 Å². The number of benzene rings is 2. The van der Waals surface area contributed by atoms with Crippen LogP contribution in [0, 0.1) is 13.8 Å². The van der Waals surface area contributed by atoms with Crippen molar-refractivity contribution in [3.05, 3.63) is 71.7 Å². The van der Waals surface area contributed by atoms with E-state index < -0.39 is 0 Å². The normalized spacial score (nSPS) is 11.9. The predicted octanol–water partition coefficient (Wildman–Crippen LogP) is 5.15. The lowest BCUT2D eigenvalue weighted by molar-refractivity contribution is -0.130. The van der Waals surface area contributed by atoms with Gasteiger partial charge in [-0.2, -0.15) is 0 Å². The molecule has 1 unspecified atom stereocenters. The van der Waals surface area contributed by atoms with Crippen LogP contribution in [-0.2, 0) is 4.79 Å². The zero-order valence-electron chi connectivity index (χ0n) is 19.5. The maximum atomic E-state index is 11.8. The van der Waals surface area contributed by atoms with Crippen molar-refractivity contribution in [1.82, 2.24) is 14.9 Å². The molecule has 2 aromatic carbocycles. The lowest BCUT2D eigenvalue weighted by Gasteiger charge is -2.17. The van der Waals surface area contributed by atoms with Crippen LogP contribution in [0.15, 0.2) is 59.2 Å². The number of fused-ring (bicyclic) bond motifs is 1. The molecule has 0 spiro atoms. The van der Waals surface area contributed by atoms with Crippen molar-refractivity contribution in [2.45, 2.75) is 26.8 Å². The Morgan fingerprint density at radius 1 is 1.12 bits per heavy atom. The zero-order chi connectivity index (χ0) is 23.5. The monoisotopic (exact) mass is 444 g/mol. The van der Waals surface area contributed by atoms with Gasteiger partial charge in [-0.15, -0.1) is 0 Å². The van der Waals surface area contributed by atoms with Gasteiger partial charge in [-0.1, -0.05) is 12.1 Å². The van der Waals surface area contributed by atoms with Gasteiger partial charge in [0.1, 0.15) is 23.0 Å². The van der Waals surface area contributed by atoms with Crippen molar-refractivity contribution >= 4 is 22.7 Å². The fourth-order valence-electron chi connectivity index (χ4n) is 3.56. The summed E-state index contributed by atoms with van der Waals surface area (Å²) in [5.74, 6) is 1.99. The van der Waals surface area contributed by atoms with E-state index in [0.717, 1.165) is 39.2 Å². The van der Waals surface area contributed by atoms with E-state index >= 15 is 0 Å². The Kier molecular flexibility index (Phi) is 6.31. The molecule has 0 bridgehead atoms. The summed E-state index contributed by atoms with van der Waals surface area (Å²) in [7, 11) is 3.42. The molecule has 4 rings (SSSR count). The number of nitrogens with one attached hydrogen (secondary N) is 1. The van der Waals surface area contributed by atoms with Crippen molar-refractivity contribution in [2.24, 2.45) is 0 Å². The van der Waals surface area contributed by atoms with Gasteiger partial charge in [0.05, 0.1) is 18.0 Å².